The number of ketones is 1. The van der Waals surface area contributed by atoms with Crippen LogP contribution in [0, 0.1) is 5.92 Å². The molecule has 228 valence electrons. The summed E-state index contributed by atoms with van der Waals surface area (Å²) < 4.78 is 16.9. The number of benzene rings is 2. The van der Waals surface area contributed by atoms with Gasteiger partial charge in [-0.1, -0.05) is 38.1 Å². The van der Waals surface area contributed by atoms with Gasteiger partial charge < -0.3 is 34.5 Å². The molecule has 1 aromatic heterocycles. The van der Waals surface area contributed by atoms with Crippen LogP contribution in [0.1, 0.15) is 44.3 Å². The van der Waals surface area contributed by atoms with Gasteiger partial charge in [0.05, 0.1) is 20.1 Å². The Kier molecular flexibility index (Phi) is 9.63. The molecule has 0 saturated carbocycles. The van der Waals surface area contributed by atoms with E-state index in [1.54, 1.807) is 56.3 Å². The van der Waals surface area contributed by atoms with Gasteiger partial charge in [0.25, 0.3) is 5.89 Å². The largest absolute Gasteiger partial charge is 0.493 e. The Bertz CT molecular complexity index is 1500. The summed E-state index contributed by atoms with van der Waals surface area (Å²) in [5.41, 5.74) is 0.509. The van der Waals surface area contributed by atoms with Gasteiger partial charge in [-0.2, -0.15) is 0 Å². The number of oxazole rings is 1. The summed E-state index contributed by atoms with van der Waals surface area (Å²) in [4.78, 5) is 69.9. The number of nitrogens with one attached hydrogen (secondary N) is 2. The van der Waals surface area contributed by atoms with E-state index in [0.717, 1.165) is 0 Å². The quantitative estimate of drug-likeness (QED) is 0.263. The number of para-hydroxylation sites is 2. The van der Waals surface area contributed by atoms with E-state index in [0.29, 0.717) is 17.0 Å². The monoisotopic (exact) mass is 594 g/mol. The molecule has 1 aliphatic rings. The smallest absolute Gasteiger partial charge is 0.305 e. The molecule has 3 N–H and O–H groups in total. The van der Waals surface area contributed by atoms with Gasteiger partial charge in [0, 0.05) is 13.3 Å². The molecule has 1 aliphatic heterocycles. The van der Waals surface area contributed by atoms with Crippen molar-refractivity contribution >= 4 is 40.6 Å². The van der Waals surface area contributed by atoms with Crippen molar-refractivity contribution in [3.63, 3.8) is 0 Å². The summed E-state index contributed by atoms with van der Waals surface area (Å²) in [5.74, 6) is -3.72. The van der Waals surface area contributed by atoms with E-state index in [1.165, 1.54) is 18.9 Å². The van der Waals surface area contributed by atoms with Gasteiger partial charge in [-0.25, -0.2) is 4.98 Å². The van der Waals surface area contributed by atoms with Crippen molar-refractivity contribution in [2.45, 2.75) is 57.8 Å². The molecular weight excluding hydrogens is 560 g/mol. The van der Waals surface area contributed by atoms with E-state index in [2.05, 4.69) is 15.6 Å². The van der Waals surface area contributed by atoms with Crippen LogP contribution >= 0.6 is 0 Å². The fourth-order valence-electron chi connectivity index (χ4n) is 4.97. The number of ether oxygens (including phenoxy) is 2. The number of methoxy groups -OCH3 is 1. The van der Waals surface area contributed by atoms with Crippen molar-refractivity contribution in [1.82, 2.24) is 20.5 Å². The first-order valence-electron chi connectivity index (χ1n) is 13.8. The number of Topliss-reactive ketones (excluding diaryl/α,β-unsaturated/α-hetero) is 1. The molecule has 2 heterocycles. The van der Waals surface area contributed by atoms with Crippen LogP contribution in [0.15, 0.2) is 52.9 Å². The highest BCUT2D eigenvalue weighted by atomic mass is 16.5. The number of carboxylic acid groups (broad SMARTS) is 1. The molecule has 13 nitrogen and oxygen atoms in total. The Balaban J connectivity index is 1.61. The summed E-state index contributed by atoms with van der Waals surface area (Å²) >= 11 is 0. The lowest BCUT2D eigenvalue weighted by Crippen LogP contribution is -2.56. The molecule has 3 aromatic rings. The minimum Gasteiger partial charge on any atom is -0.493 e. The second-order valence-corrected chi connectivity index (χ2v) is 10.6. The van der Waals surface area contributed by atoms with Gasteiger partial charge in [0.2, 0.25) is 23.5 Å². The summed E-state index contributed by atoms with van der Waals surface area (Å²) in [6.45, 7) is 4.84. The van der Waals surface area contributed by atoms with Crippen LogP contribution in [-0.2, 0) is 19.2 Å². The number of likely N-dealkylation sites (tertiary alicyclic amines) is 1. The number of rotatable bonds is 12. The standard InChI is InChI=1S/C30H34N4O9/c1-16(2)25(31-17(3)35)30(40)34-15-19(42-18-9-6-5-7-10-18)13-22(34)28(39)32-21(14-24(36)37)26(38)29-33-20-11-8-12-23(41-4)27(20)43-29/h5-12,16,19,21-22,25H,13-15H2,1-4H3,(H,31,35)(H,32,39)(H,36,37)/t19?,21-,22-,25-/m0/s1. The fraction of sp³-hybridized carbons (Fsp3) is 0.400. The topological polar surface area (TPSA) is 177 Å². The number of aromatic nitrogens is 1. The Hall–Kier alpha value is -4.94. The lowest BCUT2D eigenvalue weighted by atomic mass is 10.0. The maximum Gasteiger partial charge on any atom is 0.305 e. The van der Waals surface area contributed by atoms with Crippen molar-refractivity contribution in [3.8, 4) is 11.5 Å². The van der Waals surface area contributed by atoms with Gasteiger partial charge in [0.15, 0.2) is 11.3 Å². The number of nitrogens with zero attached hydrogens (tertiary/aromatic N) is 2. The summed E-state index contributed by atoms with van der Waals surface area (Å²) in [6.07, 6.45) is -1.29. The molecule has 3 amide bonds. The number of carbonyl (C=O) groups excluding carboxylic acids is 4. The average molecular weight is 595 g/mol. The highest BCUT2D eigenvalue weighted by Gasteiger charge is 2.44. The maximum absolute atomic E-state index is 13.7. The van der Waals surface area contributed by atoms with Gasteiger partial charge in [-0.05, 0) is 30.2 Å². The van der Waals surface area contributed by atoms with Gasteiger partial charge >= 0.3 is 5.97 Å². The van der Waals surface area contributed by atoms with E-state index in [-0.39, 0.29) is 24.5 Å². The molecule has 0 bridgehead atoms. The van der Waals surface area contributed by atoms with E-state index >= 15 is 0 Å². The van der Waals surface area contributed by atoms with Crippen LogP contribution in [0.25, 0.3) is 11.1 Å². The van der Waals surface area contributed by atoms with Crippen LogP contribution in [0.4, 0.5) is 0 Å². The number of fused-ring (bicyclic) bond motifs is 1. The number of carboxylic acids is 1. The predicted molar refractivity (Wildman–Crippen MR) is 152 cm³/mol. The minimum absolute atomic E-state index is 0.0249. The van der Waals surface area contributed by atoms with Crippen LogP contribution < -0.4 is 20.1 Å². The first-order valence-corrected chi connectivity index (χ1v) is 13.8. The number of carbonyl (C=O) groups is 5. The lowest BCUT2D eigenvalue weighted by Gasteiger charge is -2.30. The third-order valence-corrected chi connectivity index (χ3v) is 7.01. The number of hydrogen-bond acceptors (Lipinski definition) is 9. The van der Waals surface area contributed by atoms with E-state index in [4.69, 9.17) is 13.9 Å². The van der Waals surface area contributed by atoms with Crippen LogP contribution in [0.2, 0.25) is 0 Å². The Morgan fingerprint density at radius 2 is 1.79 bits per heavy atom. The van der Waals surface area contributed by atoms with Gasteiger partial charge in [-0.15, -0.1) is 0 Å². The van der Waals surface area contributed by atoms with E-state index in [1.807, 2.05) is 6.07 Å². The van der Waals surface area contributed by atoms with Crippen LogP contribution in [-0.4, -0.2) is 82.3 Å². The zero-order valence-electron chi connectivity index (χ0n) is 24.2. The summed E-state index contributed by atoms with van der Waals surface area (Å²) in [7, 11) is 1.42. The van der Waals surface area contributed by atoms with Crippen LogP contribution in [0.3, 0.4) is 0 Å². The lowest BCUT2D eigenvalue weighted by molar-refractivity contribution is -0.142. The van der Waals surface area contributed by atoms with Crippen molar-refractivity contribution in [2.24, 2.45) is 5.92 Å². The van der Waals surface area contributed by atoms with E-state index < -0.39 is 66.0 Å². The molecule has 0 spiro atoms. The molecule has 4 rings (SSSR count). The van der Waals surface area contributed by atoms with Crippen LogP contribution in [0.5, 0.6) is 11.5 Å². The van der Waals surface area contributed by atoms with Crippen molar-refractivity contribution in [1.29, 1.82) is 0 Å². The highest BCUT2D eigenvalue weighted by Crippen LogP contribution is 2.28. The zero-order chi connectivity index (χ0) is 31.3. The first kappa shape index (κ1) is 31.0. The Morgan fingerprint density at radius 1 is 1.07 bits per heavy atom. The molecular formula is C30H34N4O9. The second kappa shape index (κ2) is 13.4. The Morgan fingerprint density at radius 3 is 2.42 bits per heavy atom. The molecule has 0 radical (unpaired) electrons. The van der Waals surface area contributed by atoms with Crippen molar-refractivity contribution in [2.75, 3.05) is 13.7 Å². The minimum atomic E-state index is -1.55. The predicted octanol–water partition coefficient (Wildman–Crippen LogP) is 2.19. The highest BCUT2D eigenvalue weighted by molar-refractivity contribution is 6.03. The normalized spacial score (nSPS) is 17.7. The summed E-state index contributed by atoms with van der Waals surface area (Å²) in [6, 6.07) is 10.1. The fourth-order valence-corrected chi connectivity index (χ4v) is 4.97. The average Bonchev–Trinajstić information content (AvgIpc) is 3.59. The molecule has 1 fully saturated rings. The SMILES string of the molecule is COc1cccc2nc(C(=O)[C@H](CC(=O)O)NC(=O)[C@@H]3CC(Oc4ccccc4)CN3C(=O)[C@@H](NC(C)=O)C(C)C)oc12. The molecule has 4 atom stereocenters. The molecule has 2 aromatic carbocycles. The molecule has 0 aliphatic carbocycles. The zero-order valence-corrected chi connectivity index (χ0v) is 24.2. The number of aliphatic carboxylic acids is 1. The second-order valence-electron chi connectivity index (χ2n) is 10.6. The third-order valence-electron chi connectivity index (χ3n) is 7.01. The first-order chi connectivity index (χ1) is 20.5. The molecule has 43 heavy (non-hydrogen) atoms. The number of hydrogen-bond donors (Lipinski definition) is 3. The van der Waals surface area contributed by atoms with Gasteiger partial charge in [0.1, 0.15) is 35.5 Å². The molecule has 1 saturated heterocycles. The Labute approximate surface area is 247 Å². The van der Waals surface area contributed by atoms with E-state index in [9.17, 15) is 29.1 Å². The molecule has 1 unspecified atom stereocenters. The maximum atomic E-state index is 13.7. The van der Waals surface area contributed by atoms with Crippen molar-refractivity contribution < 1.29 is 43.0 Å². The third kappa shape index (κ3) is 7.29. The molecule has 13 heteroatoms. The summed E-state index contributed by atoms with van der Waals surface area (Å²) in [5, 5.41) is 14.7. The van der Waals surface area contributed by atoms with Gasteiger partial charge in [-0.3, -0.25) is 24.0 Å². The number of amides is 3. The van der Waals surface area contributed by atoms with Crippen molar-refractivity contribution in [3.05, 3.63) is 54.4 Å².